The number of anilines is 1. The molecule has 0 unspecified atom stereocenters. The lowest BCUT2D eigenvalue weighted by molar-refractivity contribution is 0.100. The Balaban J connectivity index is 1.46. The number of amides is 2. The molecule has 5 rings (SSSR count). The van der Waals surface area contributed by atoms with E-state index in [9.17, 15) is 9.59 Å². The third-order valence-electron chi connectivity index (χ3n) is 5.75. The van der Waals surface area contributed by atoms with Crippen LogP contribution in [0.15, 0.2) is 30.3 Å². The topological polar surface area (TPSA) is 90.0 Å². The van der Waals surface area contributed by atoms with Crippen LogP contribution in [0.1, 0.15) is 54.6 Å². The second kappa shape index (κ2) is 8.35. The van der Waals surface area contributed by atoms with Crippen LogP contribution in [0.3, 0.4) is 0 Å². The van der Waals surface area contributed by atoms with Crippen molar-refractivity contribution in [3.8, 4) is 0 Å². The van der Waals surface area contributed by atoms with Gasteiger partial charge in [-0.05, 0) is 55.9 Å². The van der Waals surface area contributed by atoms with Gasteiger partial charge in [0.2, 0.25) is 0 Å². The van der Waals surface area contributed by atoms with Crippen LogP contribution in [-0.2, 0) is 19.4 Å². The molecule has 0 saturated carbocycles. The normalized spacial score (nSPS) is 13.3. The SMILES string of the molecule is Cc1nn(Cc2ccccc2Cl)c2sc(C(=O)Nc3sc4c(c3C(N)=O)CCCC4)cc12. The van der Waals surface area contributed by atoms with Crippen molar-refractivity contribution < 1.29 is 9.59 Å². The van der Waals surface area contributed by atoms with Crippen molar-refractivity contribution in [2.45, 2.75) is 39.2 Å². The number of nitrogens with one attached hydrogen (secondary N) is 1. The monoisotopic (exact) mass is 484 g/mol. The summed E-state index contributed by atoms with van der Waals surface area (Å²) in [4.78, 5) is 27.9. The number of fused-ring (bicyclic) bond motifs is 2. The Morgan fingerprint density at radius 3 is 2.78 bits per heavy atom. The van der Waals surface area contributed by atoms with Crippen LogP contribution in [0.25, 0.3) is 10.2 Å². The molecule has 1 aliphatic rings. The van der Waals surface area contributed by atoms with Gasteiger partial charge in [-0.25, -0.2) is 0 Å². The molecule has 0 fully saturated rings. The molecule has 0 spiro atoms. The molecule has 3 aromatic heterocycles. The average molecular weight is 485 g/mol. The van der Waals surface area contributed by atoms with Crippen molar-refractivity contribution in [3.63, 3.8) is 0 Å². The van der Waals surface area contributed by atoms with Gasteiger partial charge >= 0.3 is 0 Å². The van der Waals surface area contributed by atoms with Gasteiger partial charge in [0.05, 0.1) is 22.7 Å². The molecular weight excluding hydrogens is 464 g/mol. The highest BCUT2D eigenvalue weighted by molar-refractivity contribution is 7.21. The number of primary amides is 1. The number of carbonyl (C=O) groups excluding carboxylic acids is 2. The predicted octanol–water partition coefficient (Wildman–Crippen LogP) is 5.40. The van der Waals surface area contributed by atoms with E-state index < -0.39 is 5.91 Å². The summed E-state index contributed by atoms with van der Waals surface area (Å²) in [6.45, 7) is 2.45. The van der Waals surface area contributed by atoms with Crippen LogP contribution in [0.2, 0.25) is 5.02 Å². The van der Waals surface area contributed by atoms with E-state index in [1.54, 1.807) is 0 Å². The molecule has 2 amide bonds. The van der Waals surface area contributed by atoms with Crippen molar-refractivity contribution in [1.82, 2.24) is 9.78 Å². The standard InChI is InChI=1S/C23H21ClN4O2S2/c1-12-15-10-18(32-23(15)28(27-12)11-13-6-2-4-8-16(13)24)21(30)26-22-19(20(25)29)14-7-3-5-9-17(14)31-22/h2,4,6,8,10H,3,5,7,9,11H2,1H3,(H2,25,29)(H,26,30). The summed E-state index contributed by atoms with van der Waals surface area (Å²) in [6, 6.07) is 9.52. The number of hydrogen-bond donors (Lipinski definition) is 2. The molecular formula is C23H21ClN4O2S2. The molecule has 3 heterocycles. The Labute approximate surface area is 198 Å². The summed E-state index contributed by atoms with van der Waals surface area (Å²) in [5.41, 5.74) is 8.96. The van der Waals surface area contributed by atoms with E-state index in [-0.39, 0.29) is 5.91 Å². The first-order valence-electron chi connectivity index (χ1n) is 10.4. The fourth-order valence-electron chi connectivity index (χ4n) is 4.20. The van der Waals surface area contributed by atoms with Crippen LogP contribution in [0, 0.1) is 6.92 Å². The van der Waals surface area contributed by atoms with Gasteiger partial charge in [-0.2, -0.15) is 5.10 Å². The Kier molecular flexibility index (Phi) is 5.53. The van der Waals surface area contributed by atoms with E-state index in [1.165, 1.54) is 22.7 Å². The number of hydrogen-bond acceptors (Lipinski definition) is 5. The Morgan fingerprint density at radius 2 is 2.00 bits per heavy atom. The number of nitrogens with two attached hydrogens (primary N) is 1. The fraction of sp³-hybridized carbons (Fsp3) is 0.261. The van der Waals surface area contributed by atoms with Crippen LogP contribution >= 0.6 is 34.3 Å². The molecule has 0 saturated heterocycles. The quantitative estimate of drug-likeness (QED) is 0.397. The van der Waals surface area contributed by atoms with E-state index in [4.69, 9.17) is 17.3 Å². The molecule has 164 valence electrons. The van der Waals surface area contributed by atoms with Crippen molar-refractivity contribution >= 4 is 61.3 Å². The molecule has 0 bridgehead atoms. The second-order valence-corrected chi connectivity index (χ2v) is 10.4. The first-order chi connectivity index (χ1) is 15.4. The van der Waals surface area contributed by atoms with E-state index in [1.807, 2.05) is 41.9 Å². The summed E-state index contributed by atoms with van der Waals surface area (Å²) in [6.07, 6.45) is 3.89. The highest BCUT2D eigenvalue weighted by Gasteiger charge is 2.26. The molecule has 1 aromatic carbocycles. The maximum Gasteiger partial charge on any atom is 0.266 e. The number of halogens is 1. The number of benzene rings is 1. The molecule has 4 aromatic rings. The van der Waals surface area contributed by atoms with Gasteiger partial charge in [-0.15, -0.1) is 22.7 Å². The maximum atomic E-state index is 13.1. The zero-order chi connectivity index (χ0) is 22.4. The smallest absolute Gasteiger partial charge is 0.266 e. The third-order valence-corrected chi connectivity index (χ3v) is 8.48. The number of aromatic nitrogens is 2. The second-order valence-electron chi connectivity index (χ2n) is 7.90. The molecule has 32 heavy (non-hydrogen) atoms. The van der Waals surface area contributed by atoms with Crippen molar-refractivity contribution in [2.75, 3.05) is 5.32 Å². The highest BCUT2D eigenvalue weighted by atomic mass is 35.5. The minimum Gasteiger partial charge on any atom is -0.365 e. The Bertz CT molecular complexity index is 1370. The predicted molar refractivity (Wildman–Crippen MR) is 130 cm³/mol. The van der Waals surface area contributed by atoms with E-state index in [2.05, 4.69) is 10.4 Å². The van der Waals surface area contributed by atoms with E-state index >= 15 is 0 Å². The molecule has 3 N–H and O–H groups in total. The lowest BCUT2D eigenvalue weighted by Crippen LogP contribution is -2.18. The largest absolute Gasteiger partial charge is 0.365 e. The first kappa shape index (κ1) is 21.2. The molecule has 0 radical (unpaired) electrons. The number of rotatable bonds is 5. The summed E-state index contributed by atoms with van der Waals surface area (Å²) >= 11 is 9.17. The minimum absolute atomic E-state index is 0.240. The zero-order valence-electron chi connectivity index (χ0n) is 17.4. The van der Waals surface area contributed by atoms with E-state index in [0.29, 0.717) is 27.0 Å². The molecule has 9 heteroatoms. The number of thiophene rings is 2. The summed E-state index contributed by atoms with van der Waals surface area (Å²) in [7, 11) is 0. The highest BCUT2D eigenvalue weighted by Crippen LogP contribution is 2.38. The van der Waals surface area contributed by atoms with Crippen LogP contribution < -0.4 is 11.1 Å². The van der Waals surface area contributed by atoms with Crippen LogP contribution in [0.5, 0.6) is 0 Å². The number of aryl methyl sites for hydroxylation is 2. The van der Waals surface area contributed by atoms with Gasteiger partial charge in [0.25, 0.3) is 11.8 Å². The minimum atomic E-state index is -0.484. The van der Waals surface area contributed by atoms with Gasteiger partial charge in [-0.3, -0.25) is 14.3 Å². The Morgan fingerprint density at radius 1 is 1.22 bits per heavy atom. The van der Waals surface area contributed by atoms with Gasteiger partial charge in [-0.1, -0.05) is 29.8 Å². The lowest BCUT2D eigenvalue weighted by Gasteiger charge is -2.11. The summed E-state index contributed by atoms with van der Waals surface area (Å²) in [5.74, 6) is -0.724. The Hall–Kier alpha value is -2.68. The summed E-state index contributed by atoms with van der Waals surface area (Å²) < 4.78 is 1.88. The van der Waals surface area contributed by atoms with E-state index in [0.717, 1.165) is 57.6 Å². The average Bonchev–Trinajstić information content (AvgIpc) is 3.43. The molecule has 1 aliphatic carbocycles. The van der Waals surface area contributed by atoms with Gasteiger partial charge < -0.3 is 11.1 Å². The van der Waals surface area contributed by atoms with Crippen molar-refractivity contribution in [2.24, 2.45) is 5.73 Å². The van der Waals surface area contributed by atoms with Gasteiger partial charge in [0, 0.05) is 15.3 Å². The first-order valence-corrected chi connectivity index (χ1v) is 12.4. The maximum absolute atomic E-state index is 13.1. The fourth-order valence-corrected chi connectivity index (χ4v) is 6.74. The third kappa shape index (κ3) is 3.72. The zero-order valence-corrected chi connectivity index (χ0v) is 19.8. The van der Waals surface area contributed by atoms with Crippen LogP contribution in [-0.4, -0.2) is 21.6 Å². The number of nitrogens with zero attached hydrogens (tertiary/aromatic N) is 2. The van der Waals surface area contributed by atoms with Crippen molar-refractivity contribution in [3.05, 3.63) is 67.5 Å². The van der Waals surface area contributed by atoms with Gasteiger partial charge in [0.15, 0.2) is 0 Å². The summed E-state index contributed by atoms with van der Waals surface area (Å²) in [5, 5.41) is 9.76. The van der Waals surface area contributed by atoms with Crippen molar-refractivity contribution in [1.29, 1.82) is 0 Å². The van der Waals surface area contributed by atoms with Crippen LogP contribution in [0.4, 0.5) is 5.00 Å². The lowest BCUT2D eigenvalue weighted by atomic mass is 9.95. The molecule has 0 aliphatic heterocycles. The molecule has 6 nitrogen and oxygen atoms in total. The molecule has 0 atom stereocenters. The van der Waals surface area contributed by atoms with Gasteiger partial charge in [0.1, 0.15) is 9.83 Å². The number of carbonyl (C=O) groups is 2.